The Morgan fingerprint density at radius 2 is 1.80 bits per heavy atom. The average Bonchev–Trinajstić information content (AvgIpc) is 2.91. The second kappa shape index (κ2) is 7.41. The van der Waals surface area contributed by atoms with Gasteiger partial charge in [0.05, 0.1) is 24.8 Å². The number of nitrogens with zero attached hydrogens (tertiary/aromatic N) is 3. The lowest BCUT2D eigenvalue weighted by atomic mass is 10.2. The standard InChI is InChI=1S/C17H20ClN3O4/c1-2-25-17(24)20-9-7-19(8-10-20)14-11-15(22)21(16(14)23)13-5-3-12(18)4-6-13/h3-6,14H,2,7-11H2,1H3. The van der Waals surface area contributed by atoms with Gasteiger partial charge in [-0.1, -0.05) is 11.6 Å². The molecule has 1 unspecified atom stereocenters. The molecule has 0 spiro atoms. The van der Waals surface area contributed by atoms with Crippen molar-refractivity contribution in [3.05, 3.63) is 29.3 Å². The Kier molecular flexibility index (Phi) is 5.24. The fourth-order valence-electron chi connectivity index (χ4n) is 3.19. The number of halogens is 1. The molecule has 1 aromatic rings. The maximum atomic E-state index is 12.7. The lowest BCUT2D eigenvalue weighted by Gasteiger charge is -2.36. The normalized spacial score (nSPS) is 21.8. The molecule has 2 heterocycles. The number of carbonyl (C=O) groups excluding carboxylic acids is 3. The highest BCUT2D eigenvalue weighted by Gasteiger charge is 2.43. The van der Waals surface area contributed by atoms with Gasteiger partial charge in [0.15, 0.2) is 0 Å². The average molecular weight is 366 g/mol. The number of hydrogen-bond donors (Lipinski definition) is 0. The van der Waals surface area contributed by atoms with Crippen molar-refractivity contribution < 1.29 is 19.1 Å². The van der Waals surface area contributed by atoms with Crippen molar-refractivity contribution in [3.63, 3.8) is 0 Å². The minimum atomic E-state index is -0.479. The van der Waals surface area contributed by atoms with Crippen molar-refractivity contribution in [1.29, 1.82) is 0 Å². The zero-order valence-electron chi connectivity index (χ0n) is 14.0. The molecule has 25 heavy (non-hydrogen) atoms. The highest BCUT2D eigenvalue weighted by atomic mass is 35.5. The Bertz CT molecular complexity index is 671. The smallest absolute Gasteiger partial charge is 0.409 e. The molecule has 0 saturated carbocycles. The van der Waals surface area contributed by atoms with Crippen LogP contribution in [0.2, 0.25) is 5.02 Å². The summed E-state index contributed by atoms with van der Waals surface area (Å²) in [4.78, 5) is 41.6. The Morgan fingerprint density at radius 3 is 2.40 bits per heavy atom. The number of anilines is 1. The summed E-state index contributed by atoms with van der Waals surface area (Å²) in [5, 5.41) is 0.550. The summed E-state index contributed by atoms with van der Waals surface area (Å²) in [6, 6.07) is 6.16. The van der Waals surface area contributed by atoms with Crippen molar-refractivity contribution in [3.8, 4) is 0 Å². The molecule has 1 atom stereocenters. The third-order valence-electron chi connectivity index (χ3n) is 4.49. The molecular weight excluding hydrogens is 346 g/mol. The van der Waals surface area contributed by atoms with Gasteiger partial charge in [0, 0.05) is 31.2 Å². The molecule has 0 aromatic heterocycles. The first-order valence-corrected chi connectivity index (χ1v) is 8.67. The molecular formula is C17H20ClN3O4. The fourth-order valence-corrected chi connectivity index (χ4v) is 3.32. The summed E-state index contributed by atoms with van der Waals surface area (Å²) >= 11 is 5.86. The van der Waals surface area contributed by atoms with Crippen LogP contribution in [-0.4, -0.2) is 66.5 Å². The Labute approximate surface area is 151 Å². The Hall–Kier alpha value is -2.12. The van der Waals surface area contributed by atoms with Crippen molar-refractivity contribution >= 4 is 35.2 Å². The molecule has 2 aliphatic heterocycles. The van der Waals surface area contributed by atoms with Gasteiger partial charge in [0.2, 0.25) is 5.91 Å². The molecule has 2 aliphatic rings. The topological polar surface area (TPSA) is 70.2 Å². The molecule has 0 radical (unpaired) electrons. The first-order valence-electron chi connectivity index (χ1n) is 8.29. The van der Waals surface area contributed by atoms with E-state index in [1.54, 1.807) is 36.1 Å². The summed E-state index contributed by atoms with van der Waals surface area (Å²) in [5.41, 5.74) is 0.534. The van der Waals surface area contributed by atoms with Crippen LogP contribution in [0.5, 0.6) is 0 Å². The van der Waals surface area contributed by atoms with E-state index in [0.29, 0.717) is 43.5 Å². The number of imide groups is 1. The third kappa shape index (κ3) is 3.62. The third-order valence-corrected chi connectivity index (χ3v) is 4.74. The van der Waals surface area contributed by atoms with Gasteiger partial charge in [-0.2, -0.15) is 0 Å². The second-order valence-corrected chi connectivity index (χ2v) is 6.42. The van der Waals surface area contributed by atoms with E-state index in [1.165, 1.54) is 4.90 Å². The van der Waals surface area contributed by atoms with Gasteiger partial charge in [-0.15, -0.1) is 0 Å². The second-order valence-electron chi connectivity index (χ2n) is 5.99. The van der Waals surface area contributed by atoms with Crippen LogP contribution < -0.4 is 4.90 Å². The summed E-state index contributed by atoms with van der Waals surface area (Å²) in [5.74, 6) is -0.443. The summed E-state index contributed by atoms with van der Waals surface area (Å²) < 4.78 is 4.99. The van der Waals surface area contributed by atoms with Crippen LogP contribution in [0.3, 0.4) is 0 Å². The van der Waals surface area contributed by atoms with Crippen LogP contribution in [0.4, 0.5) is 10.5 Å². The molecule has 0 bridgehead atoms. The van der Waals surface area contributed by atoms with Crippen LogP contribution in [0.1, 0.15) is 13.3 Å². The maximum absolute atomic E-state index is 12.7. The van der Waals surface area contributed by atoms with Gasteiger partial charge in [0.25, 0.3) is 5.91 Å². The quantitative estimate of drug-likeness (QED) is 0.763. The summed E-state index contributed by atoms with van der Waals surface area (Å²) in [7, 11) is 0. The predicted octanol–water partition coefficient (Wildman–Crippen LogP) is 1.75. The van der Waals surface area contributed by atoms with E-state index < -0.39 is 6.04 Å². The van der Waals surface area contributed by atoms with E-state index >= 15 is 0 Å². The Morgan fingerprint density at radius 1 is 1.16 bits per heavy atom. The van der Waals surface area contributed by atoms with Crippen molar-refractivity contribution in [2.75, 3.05) is 37.7 Å². The minimum Gasteiger partial charge on any atom is -0.450 e. The fraction of sp³-hybridized carbons (Fsp3) is 0.471. The predicted molar refractivity (Wildman–Crippen MR) is 92.5 cm³/mol. The molecule has 8 heteroatoms. The molecule has 134 valence electrons. The van der Waals surface area contributed by atoms with Gasteiger partial charge in [0.1, 0.15) is 0 Å². The Balaban J connectivity index is 1.65. The van der Waals surface area contributed by atoms with Crippen molar-refractivity contribution in [1.82, 2.24) is 9.80 Å². The summed E-state index contributed by atoms with van der Waals surface area (Å²) in [6.07, 6.45) is -0.181. The molecule has 3 amide bonds. The van der Waals surface area contributed by atoms with Crippen LogP contribution >= 0.6 is 11.6 Å². The van der Waals surface area contributed by atoms with Gasteiger partial charge < -0.3 is 9.64 Å². The number of amides is 3. The van der Waals surface area contributed by atoms with Gasteiger partial charge in [-0.25, -0.2) is 9.69 Å². The van der Waals surface area contributed by atoms with Crippen molar-refractivity contribution in [2.45, 2.75) is 19.4 Å². The molecule has 0 aliphatic carbocycles. The molecule has 2 fully saturated rings. The van der Waals surface area contributed by atoms with Crippen LogP contribution in [-0.2, 0) is 14.3 Å². The van der Waals surface area contributed by atoms with E-state index in [9.17, 15) is 14.4 Å². The van der Waals surface area contributed by atoms with E-state index in [-0.39, 0.29) is 24.3 Å². The van der Waals surface area contributed by atoms with E-state index in [4.69, 9.17) is 16.3 Å². The van der Waals surface area contributed by atoms with E-state index in [1.807, 2.05) is 4.90 Å². The van der Waals surface area contributed by atoms with Gasteiger partial charge >= 0.3 is 6.09 Å². The van der Waals surface area contributed by atoms with Crippen LogP contribution in [0, 0.1) is 0 Å². The van der Waals surface area contributed by atoms with Crippen molar-refractivity contribution in [2.24, 2.45) is 0 Å². The zero-order valence-corrected chi connectivity index (χ0v) is 14.7. The first-order chi connectivity index (χ1) is 12.0. The number of ether oxygens (including phenoxy) is 1. The number of carbonyl (C=O) groups is 3. The molecule has 1 aromatic carbocycles. The lowest BCUT2D eigenvalue weighted by molar-refractivity contribution is -0.123. The highest BCUT2D eigenvalue weighted by Crippen LogP contribution is 2.27. The monoisotopic (exact) mass is 365 g/mol. The number of benzene rings is 1. The number of hydrogen-bond acceptors (Lipinski definition) is 5. The number of rotatable bonds is 3. The minimum absolute atomic E-state index is 0.154. The van der Waals surface area contributed by atoms with Gasteiger partial charge in [-0.05, 0) is 31.2 Å². The summed E-state index contributed by atoms with van der Waals surface area (Å²) in [6.45, 7) is 4.15. The SMILES string of the molecule is CCOC(=O)N1CCN(C2CC(=O)N(c3ccc(Cl)cc3)C2=O)CC1. The molecule has 3 rings (SSSR count). The molecule has 0 N–H and O–H groups in total. The highest BCUT2D eigenvalue weighted by molar-refractivity contribution is 6.30. The van der Waals surface area contributed by atoms with Gasteiger partial charge in [-0.3, -0.25) is 14.5 Å². The first kappa shape index (κ1) is 17.7. The largest absolute Gasteiger partial charge is 0.450 e. The van der Waals surface area contributed by atoms with E-state index in [0.717, 1.165) is 0 Å². The molecule has 2 saturated heterocycles. The zero-order chi connectivity index (χ0) is 18.0. The number of piperazine rings is 1. The van der Waals surface area contributed by atoms with Crippen LogP contribution in [0.25, 0.3) is 0 Å². The van der Waals surface area contributed by atoms with Crippen LogP contribution in [0.15, 0.2) is 24.3 Å². The maximum Gasteiger partial charge on any atom is 0.409 e. The molecule has 7 nitrogen and oxygen atoms in total. The van der Waals surface area contributed by atoms with E-state index in [2.05, 4.69) is 0 Å². The lowest BCUT2D eigenvalue weighted by Crippen LogP contribution is -2.54.